The average Bonchev–Trinajstić information content (AvgIpc) is 2.16. The van der Waals surface area contributed by atoms with Crippen molar-refractivity contribution in [3.05, 3.63) is 0 Å². The van der Waals surface area contributed by atoms with Gasteiger partial charge < -0.3 is 4.74 Å². The number of fused-ring (bicyclic) bond motifs is 2. The van der Waals surface area contributed by atoms with Gasteiger partial charge >= 0.3 is 0 Å². The maximum Gasteiger partial charge on any atom is 0.0601 e. The van der Waals surface area contributed by atoms with Gasteiger partial charge in [0, 0.05) is 19.0 Å². The number of hydrogen-bond acceptors (Lipinski definition) is 2. The number of rotatable bonds is 1. The molecule has 2 bridgehead atoms. The molecule has 0 radical (unpaired) electrons. The number of nitrogens with zero attached hydrogens (tertiary/aromatic N) is 1. The molecule has 2 unspecified atom stereocenters. The van der Waals surface area contributed by atoms with Gasteiger partial charge in [-0.15, -0.1) is 0 Å². The second-order valence-corrected chi connectivity index (χ2v) is 5.18. The van der Waals surface area contributed by atoms with Crippen LogP contribution in [0.5, 0.6) is 0 Å². The maximum atomic E-state index is 5.56. The summed E-state index contributed by atoms with van der Waals surface area (Å²) in [6, 6.07) is 0. The van der Waals surface area contributed by atoms with Crippen molar-refractivity contribution >= 4 is 0 Å². The summed E-state index contributed by atoms with van der Waals surface area (Å²) < 4.78 is 5.56. The zero-order chi connectivity index (χ0) is 10.7. The molecule has 0 saturated carbocycles. The van der Waals surface area contributed by atoms with Gasteiger partial charge in [-0.25, -0.2) is 0 Å². The third-order valence-corrected chi connectivity index (χ3v) is 3.10. The van der Waals surface area contributed by atoms with Crippen molar-refractivity contribution in [2.75, 3.05) is 32.8 Å². The average molecular weight is 207 g/mol. The quantitative estimate of drug-likeness (QED) is 0.606. The molecule has 0 aromatic heterocycles. The Hall–Kier alpha value is -0.520. The lowest BCUT2D eigenvalue weighted by Crippen LogP contribution is -2.46. The summed E-state index contributed by atoms with van der Waals surface area (Å²) >= 11 is 0. The molecule has 2 aliphatic heterocycles. The van der Waals surface area contributed by atoms with Gasteiger partial charge in [0.15, 0.2) is 0 Å². The number of hydrogen-bond donors (Lipinski definition) is 0. The monoisotopic (exact) mass is 207 g/mol. The van der Waals surface area contributed by atoms with Crippen LogP contribution >= 0.6 is 0 Å². The molecule has 0 aliphatic carbocycles. The molecule has 84 valence electrons. The third kappa shape index (κ3) is 3.22. The Balaban J connectivity index is 1.82. The van der Waals surface area contributed by atoms with E-state index in [1.54, 1.807) is 0 Å². The summed E-state index contributed by atoms with van der Waals surface area (Å²) in [5, 5.41) is 0. The van der Waals surface area contributed by atoms with E-state index in [0.717, 1.165) is 31.6 Å². The van der Waals surface area contributed by atoms with Crippen LogP contribution in [0.25, 0.3) is 0 Å². The molecule has 2 aliphatic rings. The van der Waals surface area contributed by atoms with Gasteiger partial charge in [-0.05, 0) is 18.3 Å². The van der Waals surface area contributed by atoms with E-state index in [1.165, 1.54) is 19.5 Å². The first-order valence-corrected chi connectivity index (χ1v) is 6.02. The predicted molar refractivity (Wildman–Crippen MR) is 61.5 cm³/mol. The molecule has 0 aromatic carbocycles. The maximum absolute atomic E-state index is 5.56. The fourth-order valence-corrected chi connectivity index (χ4v) is 2.56. The smallest absolute Gasteiger partial charge is 0.0601 e. The Morgan fingerprint density at radius 2 is 1.93 bits per heavy atom. The van der Waals surface area contributed by atoms with Crippen LogP contribution in [-0.4, -0.2) is 37.7 Å². The highest BCUT2D eigenvalue weighted by Crippen LogP contribution is 2.26. The lowest BCUT2D eigenvalue weighted by Gasteiger charge is -2.40. The molecule has 2 fully saturated rings. The lowest BCUT2D eigenvalue weighted by molar-refractivity contribution is -0.0369. The van der Waals surface area contributed by atoms with Crippen LogP contribution in [0.4, 0.5) is 0 Å². The molecule has 2 heteroatoms. The number of piperidine rings is 1. The van der Waals surface area contributed by atoms with Crippen LogP contribution in [0.1, 0.15) is 20.3 Å². The summed E-state index contributed by atoms with van der Waals surface area (Å²) in [5.41, 5.74) is 0. The number of ether oxygens (including phenoxy) is 1. The first-order valence-electron chi connectivity index (χ1n) is 6.02. The topological polar surface area (TPSA) is 12.5 Å². The van der Waals surface area contributed by atoms with E-state index in [1.807, 2.05) is 0 Å². The highest BCUT2D eigenvalue weighted by Gasteiger charge is 2.30. The molecule has 2 rings (SSSR count). The zero-order valence-corrected chi connectivity index (χ0v) is 9.83. The first kappa shape index (κ1) is 11.0. The molecular formula is C13H21NO. The van der Waals surface area contributed by atoms with Crippen LogP contribution in [0.3, 0.4) is 0 Å². The van der Waals surface area contributed by atoms with Gasteiger partial charge in [0.05, 0.1) is 19.8 Å². The van der Waals surface area contributed by atoms with E-state index in [2.05, 4.69) is 30.6 Å². The Bertz CT molecular complexity index is 251. The molecule has 15 heavy (non-hydrogen) atoms. The molecule has 2 heterocycles. The van der Waals surface area contributed by atoms with E-state index in [9.17, 15) is 0 Å². The van der Waals surface area contributed by atoms with Crippen molar-refractivity contribution in [1.82, 2.24) is 4.90 Å². The van der Waals surface area contributed by atoms with Crippen LogP contribution in [0.15, 0.2) is 0 Å². The van der Waals surface area contributed by atoms with Gasteiger partial charge in [0.25, 0.3) is 0 Å². The SMILES string of the molecule is CC(C)C#CCN1CC2COCC(C2)C1. The van der Waals surface area contributed by atoms with Gasteiger partial charge in [0.2, 0.25) is 0 Å². The standard InChI is InChI=1S/C13H21NO/c1-11(2)4-3-5-14-7-12-6-13(8-14)10-15-9-12/h11-13H,5-10H2,1-2H3. The summed E-state index contributed by atoms with van der Waals surface area (Å²) in [6.45, 7) is 9.53. The summed E-state index contributed by atoms with van der Waals surface area (Å²) in [6.07, 6.45) is 1.37. The second kappa shape index (κ2) is 5.01. The minimum absolute atomic E-state index is 0.498. The molecule has 2 saturated heterocycles. The third-order valence-electron chi connectivity index (χ3n) is 3.10. The Labute approximate surface area is 93.0 Å². The van der Waals surface area contributed by atoms with E-state index < -0.39 is 0 Å². The summed E-state index contributed by atoms with van der Waals surface area (Å²) in [5.74, 6) is 8.54. The summed E-state index contributed by atoms with van der Waals surface area (Å²) in [7, 11) is 0. The van der Waals surface area contributed by atoms with Gasteiger partial charge in [-0.1, -0.05) is 25.7 Å². The van der Waals surface area contributed by atoms with Gasteiger partial charge in [-0.3, -0.25) is 4.90 Å². The largest absolute Gasteiger partial charge is 0.381 e. The highest BCUT2D eigenvalue weighted by molar-refractivity contribution is 5.04. The van der Waals surface area contributed by atoms with Crippen molar-refractivity contribution in [2.45, 2.75) is 20.3 Å². The Morgan fingerprint density at radius 1 is 1.27 bits per heavy atom. The molecule has 2 nitrogen and oxygen atoms in total. The predicted octanol–water partition coefficient (Wildman–Crippen LogP) is 1.61. The van der Waals surface area contributed by atoms with Crippen molar-refractivity contribution in [1.29, 1.82) is 0 Å². The van der Waals surface area contributed by atoms with Crippen molar-refractivity contribution in [3.63, 3.8) is 0 Å². The van der Waals surface area contributed by atoms with Crippen LogP contribution < -0.4 is 0 Å². The minimum Gasteiger partial charge on any atom is -0.381 e. The van der Waals surface area contributed by atoms with Gasteiger partial charge in [0.1, 0.15) is 0 Å². The van der Waals surface area contributed by atoms with Crippen molar-refractivity contribution < 1.29 is 4.74 Å². The molecule has 0 spiro atoms. The van der Waals surface area contributed by atoms with Crippen molar-refractivity contribution in [2.24, 2.45) is 17.8 Å². The van der Waals surface area contributed by atoms with Gasteiger partial charge in [-0.2, -0.15) is 0 Å². The summed E-state index contributed by atoms with van der Waals surface area (Å²) in [4.78, 5) is 2.50. The fraction of sp³-hybridized carbons (Fsp3) is 0.846. The lowest BCUT2D eigenvalue weighted by atomic mass is 9.88. The second-order valence-electron chi connectivity index (χ2n) is 5.18. The highest BCUT2D eigenvalue weighted by atomic mass is 16.5. The molecule has 0 amide bonds. The van der Waals surface area contributed by atoms with E-state index in [4.69, 9.17) is 4.74 Å². The van der Waals surface area contributed by atoms with Crippen molar-refractivity contribution in [3.8, 4) is 11.8 Å². The molecule has 2 atom stereocenters. The van der Waals surface area contributed by atoms with Crippen LogP contribution in [-0.2, 0) is 4.74 Å². The first-order chi connectivity index (χ1) is 7.24. The van der Waals surface area contributed by atoms with E-state index in [0.29, 0.717) is 5.92 Å². The van der Waals surface area contributed by atoms with Crippen LogP contribution in [0, 0.1) is 29.6 Å². The van der Waals surface area contributed by atoms with Crippen LogP contribution in [0.2, 0.25) is 0 Å². The molecule has 0 aromatic rings. The molecular weight excluding hydrogens is 186 g/mol. The minimum atomic E-state index is 0.498. The Morgan fingerprint density at radius 3 is 2.53 bits per heavy atom. The zero-order valence-electron chi connectivity index (χ0n) is 9.83. The Kier molecular flexibility index (Phi) is 3.66. The number of likely N-dealkylation sites (tertiary alicyclic amines) is 1. The normalized spacial score (nSPS) is 31.1. The van der Waals surface area contributed by atoms with E-state index >= 15 is 0 Å². The van der Waals surface area contributed by atoms with E-state index in [-0.39, 0.29) is 0 Å². The fourth-order valence-electron chi connectivity index (χ4n) is 2.56. The molecule has 0 N–H and O–H groups in total.